The van der Waals surface area contributed by atoms with Crippen LogP contribution < -0.4 is 40.8 Å². The Morgan fingerprint density at radius 2 is 1.65 bits per heavy atom. The van der Waals surface area contributed by atoms with Gasteiger partial charge in [0.2, 0.25) is 0 Å². The maximum Gasteiger partial charge on any atom is 0.316 e. The number of hydrogen-bond donors (Lipinski definition) is 1. The SMILES string of the molecule is COc1ccc(OC)c(N2CC(O)(c3ccc(OC)c(OC)c3)[N+]3=C2SCCC3)c1.[Br-]. The van der Waals surface area contributed by atoms with Crippen LogP contribution in [0, 0.1) is 0 Å². The molecule has 0 aliphatic carbocycles. The minimum absolute atomic E-state index is 0. The number of halogens is 1. The molecule has 0 saturated carbocycles. The molecule has 2 aliphatic rings. The van der Waals surface area contributed by atoms with Crippen molar-refractivity contribution in [1.29, 1.82) is 0 Å². The summed E-state index contributed by atoms with van der Waals surface area (Å²) >= 11 is 1.74. The molecule has 31 heavy (non-hydrogen) atoms. The summed E-state index contributed by atoms with van der Waals surface area (Å²) < 4.78 is 24.0. The molecule has 2 aromatic rings. The summed E-state index contributed by atoms with van der Waals surface area (Å²) in [4.78, 5) is 2.11. The zero-order valence-electron chi connectivity index (χ0n) is 18.1. The predicted molar refractivity (Wildman–Crippen MR) is 118 cm³/mol. The summed E-state index contributed by atoms with van der Waals surface area (Å²) in [5.74, 6) is 3.68. The van der Waals surface area contributed by atoms with Gasteiger partial charge in [-0.25, -0.2) is 9.48 Å². The van der Waals surface area contributed by atoms with Crippen molar-refractivity contribution < 1.29 is 45.6 Å². The largest absolute Gasteiger partial charge is 1.00 e. The van der Waals surface area contributed by atoms with Crippen LogP contribution in [0.3, 0.4) is 0 Å². The number of β-amino-alcohol motifs (C(OH)–C–C–N with tert-alkyl or cyclic N) is 1. The monoisotopic (exact) mass is 510 g/mol. The van der Waals surface area contributed by atoms with Crippen LogP contribution in [0.1, 0.15) is 12.0 Å². The number of rotatable bonds is 6. The van der Waals surface area contributed by atoms with Gasteiger partial charge in [-0.3, -0.25) is 0 Å². The van der Waals surface area contributed by atoms with Gasteiger partial charge in [0.25, 0.3) is 5.72 Å². The van der Waals surface area contributed by atoms with Crippen molar-refractivity contribution in [2.75, 3.05) is 52.2 Å². The molecule has 0 amide bonds. The van der Waals surface area contributed by atoms with Crippen molar-refractivity contribution in [3.05, 3.63) is 42.0 Å². The van der Waals surface area contributed by atoms with Gasteiger partial charge >= 0.3 is 5.17 Å². The van der Waals surface area contributed by atoms with Crippen LogP contribution in [-0.4, -0.2) is 62.1 Å². The van der Waals surface area contributed by atoms with Gasteiger partial charge < -0.3 is 41.0 Å². The number of thioether (sulfide) groups is 1. The summed E-state index contributed by atoms with van der Waals surface area (Å²) in [5, 5.41) is 12.9. The van der Waals surface area contributed by atoms with Crippen molar-refractivity contribution >= 4 is 22.6 Å². The van der Waals surface area contributed by atoms with Crippen LogP contribution in [-0.2, 0) is 5.72 Å². The van der Waals surface area contributed by atoms with Gasteiger partial charge in [0.15, 0.2) is 29.5 Å². The smallest absolute Gasteiger partial charge is 0.316 e. The standard InChI is InChI=1S/C22H27N2O5S.BrH/c1-26-16-7-9-18(27-2)17(13-16)23-14-22(25,24-10-5-11-30-21(23)24)15-6-8-19(28-3)20(12-15)29-4;/h6-9,12-13,25H,5,10-11,14H2,1-4H3;1H/q+1;/p-1. The topological polar surface area (TPSA) is 63.4 Å². The van der Waals surface area contributed by atoms with Gasteiger partial charge in [-0.05, 0) is 48.5 Å². The Morgan fingerprint density at radius 1 is 0.935 bits per heavy atom. The summed E-state index contributed by atoms with van der Waals surface area (Å²) in [7, 11) is 6.50. The zero-order chi connectivity index (χ0) is 21.3. The number of aliphatic hydroxyl groups is 1. The zero-order valence-corrected chi connectivity index (χ0v) is 20.5. The number of anilines is 1. The van der Waals surface area contributed by atoms with Crippen LogP contribution in [0.15, 0.2) is 36.4 Å². The van der Waals surface area contributed by atoms with E-state index in [9.17, 15) is 5.11 Å². The molecule has 2 heterocycles. The van der Waals surface area contributed by atoms with Crippen molar-refractivity contribution in [2.24, 2.45) is 0 Å². The molecule has 4 rings (SSSR count). The predicted octanol–water partition coefficient (Wildman–Crippen LogP) is -0.104. The molecule has 0 radical (unpaired) electrons. The first kappa shape index (κ1) is 23.6. The molecule has 1 N–H and O–H groups in total. The third-order valence-electron chi connectivity index (χ3n) is 5.57. The second-order valence-electron chi connectivity index (χ2n) is 7.15. The highest BCUT2D eigenvalue weighted by molar-refractivity contribution is 8.13. The van der Waals surface area contributed by atoms with Crippen molar-refractivity contribution in [2.45, 2.75) is 12.1 Å². The van der Waals surface area contributed by atoms with Gasteiger partial charge in [-0.1, -0.05) is 0 Å². The lowest BCUT2D eigenvalue weighted by atomic mass is 10.0. The quantitative estimate of drug-likeness (QED) is 0.544. The molecule has 0 spiro atoms. The number of benzene rings is 2. The van der Waals surface area contributed by atoms with Gasteiger partial charge in [-0.2, -0.15) is 0 Å². The number of amidine groups is 1. The Bertz CT molecular complexity index is 986. The molecule has 9 heteroatoms. The fourth-order valence-corrected chi connectivity index (χ4v) is 5.20. The molecule has 1 unspecified atom stereocenters. The van der Waals surface area contributed by atoms with E-state index in [0.29, 0.717) is 18.0 Å². The Kier molecular flexibility index (Phi) is 7.28. The van der Waals surface area contributed by atoms with E-state index in [1.165, 1.54) is 0 Å². The van der Waals surface area contributed by atoms with E-state index >= 15 is 0 Å². The average Bonchev–Trinajstić information content (AvgIpc) is 3.12. The average molecular weight is 511 g/mol. The lowest BCUT2D eigenvalue weighted by Gasteiger charge is -2.25. The van der Waals surface area contributed by atoms with Gasteiger partial charge in [0.05, 0.1) is 35.0 Å². The van der Waals surface area contributed by atoms with E-state index in [2.05, 4.69) is 9.48 Å². The van der Waals surface area contributed by atoms with Crippen molar-refractivity contribution in [3.63, 3.8) is 0 Å². The van der Waals surface area contributed by atoms with Gasteiger partial charge in [-0.15, -0.1) is 0 Å². The fraction of sp³-hybridized carbons (Fsp3) is 0.409. The van der Waals surface area contributed by atoms with Crippen LogP contribution in [0.2, 0.25) is 0 Å². The molecule has 0 saturated heterocycles. The van der Waals surface area contributed by atoms with Gasteiger partial charge in [0, 0.05) is 17.4 Å². The molecule has 0 aromatic heterocycles. The number of ether oxygens (including phenoxy) is 4. The van der Waals surface area contributed by atoms with Crippen LogP contribution in [0.4, 0.5) is 5.69 Å². The summed E-state index contributed by atoms with van der Waals surface area (Å²) in [6.45, 7) is 1.12. The molecule has 0 fully saturated rings. The van der Waals surface area contributed by atoms with Crippen LogP contribution in [0.25, 0.3) is 0 Å². The van der Waals surface area contributed by atoms with Crippen molar-refractivity contribution in [3.8, 4) is 23.0 Å². The molecular formula is C22H27BrN2O5S. The van der Waals surface area contributed by atoms with Crippen LogP contribution in [0.5, 0.6) is 23.0 Å². The minimum atomic E-state index is -1.21. The Hall–Kier alpha value is -2.10. The molecule has 7 nitrogen and oxygen atoms in total. The van der Waals surface area contributed by atoms with Crippen molar-refractivity contribution in [1.82, 2.24) is 0 Å². The van der Waals surface area contributed by atoms with E-state index in [1.54, 1.807) is 40.2 Å². The highest BCUT2D eigenvalue weighted by atomic mass is 79.9. The Labute approximate surface area is 197 Å². The lowest BCUT2D eigenvalue weighted by Crippen LogP contribution is -3.00. The third kappa shape index (κ3) is 4.06. The normalized spacial score (nSPS) is 20.1. The van der Waals surface area contributed by atoms with Gasteiger partial charge in [0.1, 0.15) is 5.75 Å². The van der Waals surface area contributed by atoms with E-state index in [1.807, 2.05) is 36.4 Å². The summed E-state index contributed by atoms with van der Waals surface area (Å²) in [5.41, 5.74) is 0.406. The molecule has 1 atom stereocenters. The second kappa shape index (κ2) is 9.58. The van der Waals surface area contributed by atoms with E-state index in [0.717, 1.165) is 46.6 Å². The molecular weight excluding hydrogens is 484 g/mol. The molecule has 0 bridgehead atoms. The van der Waals surface area contributed by atoms with Crippen LogP contribution >= 0.6 is 11.8 Å². The Balaban J connectivity index is 0.00000272. The third-order valence-corrected chi connectivity index (χ3v) is 6.76. The molecule has 168 valence electrons. The highest BCUT2D eigenvalue weighted by Gasteiger charge is 2.54. The Morgan fingerprint density at radius 3 is 2.32 bits per heavy atom. The maximum absolute atomic E-state index is 11.9. The van der Waals surface area contributed by atoms with E-state index in [-0.39, 0.29) is 17.0 Å². The number of methoxy groups -OCH3 is 4. The summed E-state index contributed by atoms with van der Waals surface area (Å²) in [6, 6.07) is 11.3. The molecule has 2 aliphatic heterocycles. The highest BCUT2D eigenvalue weighted by Crippen LogP contribution is 2.43. The number of nitrogens with zero attached hydrogens (tertiary/aromatic N) is 2. The lowest BCUT2D eigenvalue weighted by molar-refractivity contribution is -0.656. The number of hydrogen-bond acceptors (Lipinski definition) is 7. The first-order valence-corrected chi connectivity index (χ1v) is 10.8. The van der Waals surface area contributed by atoms with E-state index < -0.39 is 5.72 Å². The second-order valence-corrected chi connectivity index (χ2v) is 8.21. The first-order chi connectivity index (χ1) is 14.5. The minimum Gasteiger partial charge on any atom is -1.00 e. The molecule has 2 aromatic carbocycles. The fourth-order valence-electron chi connectivity index (χ4n) is 4.03. The first-order valence-electron chi connectivity index (χ1n) is 9.77. The maximum atomic E-state index is 11.9. The van der Waals surface area contributed by atoms with E-state index in [4.69, 9.17) is 18.9 Å². The summed E-state index contributed by atoms with van der Waals surface area (Å²) in [6.07, 6.45) is 0.993.